The standard InChI is InChI=1S/C25H25N3O4/c1-16(2)14-28-22-11-10-19(31-3)13-21(22)24(25(28)30)27-26-23(29)15-32-20-9-8-17-6-4-5-7-18(17)12-20/h4-13,16,30H,14-15H2,1-3H3. The first-order chi connectivity index (χ1) is 15.5. The zero-order valence-electron chi connectivity index (χ0n) is 18.3. The van der Waals surface area contributed by atoms with Crippen molar-refractivity contribution >= 4 is 33.3 Å². The maximum absolute atomic E-state index is 12.3. The second-order valence-corrected chi connectivity index (χ2v) is 7.95. The Morgan fingerprint density at radius 1 is 1.03 bits per heavy atom. The Bertz CT molecular complexity index is 1310. The normalized spacial score (nSPS) is 11.6. The highest BCUT2D eigenvalue weighted by molar-refractivity contribution is 5.96. The van der Waals surface area contributed by atoms with Crippen molar-refractivity contribution in [1.82, 2.24) is 4.57 Å². The van der Waals surface area contributed by atoms with Crippen molar-refractivity contribution in [2.45, 2.75) is 20.4 Å². The molecule has 7 heteroatoms. The van der Waals surface area contributed by atoms with Crippen LogP contribution in [0.15, 0.2) is 70.9 Å². The third kappa shape index (κ3) is 4.42. The van der Waals surface area contributed by atoms with Crippen LogP contribution in [0.3, 0.4) is 0 Å². The van der Waals surface area contributed by atoms with Crippen LogP contribution in [0.4, 0.5) is 5.69 Å². The number of carbonyl (C=O) groups excluding carboxylic acids is 1. The van der Waals surface area contributed by atoms with E-state index in [0.717, 1.165) is 16.3 Å². The summed E-state index contributed by atoms with van der Waals surface area (Å²) in [7, 11) is 1.57. The number of ether oxygens (including phenoxy) is 2. The van der Waals surface area contributed by atoms with E-state index in [-0.39, 0.29) is 18.2 Å². The van der Waals surface area contributed by atoms with Gasteiger partial charge in [-0.15, -0.1) is 10.2 Å². The maximum Gasteiger partial charge on any atom is 0.302 e. The Balaban J connectivity index is 1.55. The fraction of sp³-hybridized carbons (Fsp3) is 0.240. The summed E-state index contributed by atoms with van der Waals surface area (Å²) in [6, 6.07) is 19.0. The first-order valence-electron chi connectivity index (χ1n) is 10.4. The molecule has 1 amide bonds. The number of nitrogens with zero attached hydrogens (tertiary/aromatic N) is 3. The molecule has 0 aliphatic carbocycles. The third-order valence-corrected chi connectivity index (χ3v) is 5.11. The van der Waals surface area contributed by atoms with E-state index < -0.39 is 5.91 Å². The molecule has 1 N–H and O–H groups in total. The molecular weight excluding hydrogens is 406 g/mol. The van der Waals surface area contributed by atoms with Gasteiger partial charge in [-0.1, -0.05) is 44.2 Å². The molecule has 32 heavy (non-hydrogen) atoms. The van der Waals surface area contributed by atoms with Gasteiger partial charge < -0.3 is 19.1 Å². The lowest BCUT2D eigenvalue weighted by Crippen LogP contribution is -2.07. The number of methoxy groups -OCH3 is 1. The summed E-state index contributed by atoms with van der Waals surface area (Å²) in [5.41, 5.74) is 1.03. The average molecular weight is 431 g/mol. The summed E-state index contributed by atoms with van der Waals surface area (Å²) >= 11 is 0. The van der Waals surface area contributed by atoms with Gasteiger partial charge in [-0.3, -0.25) is 4.79 Å². The smallest absolute Gasteiger partial charge is 0.302 e. The molecule has 0 spiro atoms. The molecule has 0 saturated heterocycles. The molecular formula is C25H25N3O4. The quantitative estimate of drug-likeness (QED) is 0.372. The second-order valence-electron chi connectivity index (χ2n) is 7.95. The molecule has 0 aliphatic heterocycles. The van der Waals surface area contributed by atoms with Gasteiger partial charge in [0.15, 0.2) is 12.3 Å². The van der Waals surface area contributed by atoms with Crippen molar-refractivity contribution in [3.63, 3.8) is 0 Å². The Kier molecular flexibility index (Phi) is 6.07. The zero-order chi connectivity index (χ0) is 22.7. The number of rotatable bonds is 7. The van der Waals surface area contributed by atoms with Crippen molar-refractivity contribution in [2.75, 3.05) is 13.7 Å². The second kappa shape index (κ2) is 9.09. The highest BCUT2D eigenvalue weighted by Crippen LogP contribution is 2.40. The van der Waals surface area contributed by atoms with E-state index in [9.17, 15) is 9.90 Å². The van der Waals surface area contributed by atoms with Gasteiger partial charge in [0.1, 0.15) is 11.5 Å². The van der Waals surface area contributed by atoms with Crippen LogP contribution in [0.25, 0.3) is 21.7 Å². The van der Waals surface area contributed by atoms with Gasteiger partial charge in [-0.2, -0.15) is 0 Å². The number of carbonyl (C=O) groups is 1. The molecule has 0 aliphatic rings. The Morgan fingerprint density at radius 3 is 2.53 bits per heavy atom. The number of azo groups is 1. The molecule has 0 atom stereocenters. The van der Waals surface area contributed by atoms with Gasteiger partial charge in [-0.05, 0) is 47.0 Å². The van der Waals surface area contributed by atoms with Crippen LogP contribution in [-0.4, -0.2) is 29.3 Å². The van der Waals surface area contributed by atoms with Gasteiger partial charge in [-0.25, -0.2) is 0 Å². The lowest BCUT2D eigenvalue weighted by Gasteiger charge is -2.09. The number of benzene rings is 3. The van der Waals surface area contributed by atoms with Crippen LogP contribution in [0.5, 0.6) is 17.4 Å². The van der Waals surface area contributed by atoms with Crippen LogP contribution >= 0.6 is 0 Å². The molecule has 1 aromatic heterocycles. The summed E-state index contributed by atoms with van der Waals surface area (Å²) in [5.74, 6) is 0.925. The predicted molar refractivity (Wildman–Crippen MR) is 124 cm³/mol. The number of hydrogen-bond donors (Lipinski definition) is 1. The van der Waals surface area contributed by atoms with Crippen molar-refractivity contribution in [2.24, 2.45) is 16.1 Å². The molecule has 4 rings (SSSR count). The zero-order valence-corrected chi connectivity index (χ0v) is 18.3. The third-order valence-electron chi connectivity index (χ3n) is 5.11. The highest BCUT2D eigenvalue weighted by Gasteiger charge is 2.18. The lowest BCUT2D eigenvalue weighted by atomic mass is 10.1. The Hall–Kier alpha value is -3.87. The number of aromatic nitrogens is 1. The maximum atomic E-state index is 12.3. The number of amides is 1. The van der Waals surface area contributed by atoms with E-state index in [1.165, 1.54) is 0 Å². The van der Waals surface area contributed by atoms with Crippen LogP contribution < -0.4 is 9.47 Å². The molecule has 0 bridgehead atoms. The molecule has 4 aromatic rings. The van der Waals surface area contributed by atoms with Crippen molar-refractivity contribution < 1.29 is 19.4 Å². The van der Waals surface area contributed by atoms with Gasteiger partial charge in [0.25, 0.3) is 0 Å². The van der Waals surface area contributed by atoms with Crippen LogP contribution in [0, 0.1) is 5.92 Å². The van der Waals surface area contributed by atoms with Gasteiger partial charge >= 0.3 is 5.91 Å². The van der Waals surface area contributed by atoms with Crippen LogP contribution in [0.2, 0.25) is 0 Å². The average Bonchev–Trinajstić information content (AvgIpc) is 3.05. The summed E-state index contributed by atoms with van der Waals surface area (Å²) in [5, 5.41) is 21.4. The topological polar surface area (TPSA) is 85.4 Å². The Labute approximate surface area is 185 Å². The SMILES string of the molecule is COc1ccc2c(c1)c(N=NC(=O)COc1ccc3ccccc3c1)c(O)n2CC(C)C. The lowest BCUT2D eigenvalue weighted by molar-refractivity contribution is -0.120. The van der Waals surface area contributed by atoms with Crippen LogP contribution in [0.1, 0.15) is 13.8 Å². The molecule has 1 heterocycles. The minimum absolute atomic E-state index is 0.0334. The van der Waals surface area contributed by atoms with E-state index in [0.29, 0.717) is 29.3 Å². The van der Waals surface area contributed by atoms with E-state index in [2.05, 4.69) is 24.1 Å². The molecule has 3 aromatic carbocycles. The fourth-order valence-electron chi connectivity index (χ4n) is 3.61. The molecule has 164 valence electrons. The molecule has 7 nitrogen and oxygen atoms in total. The van der Waals surface area contributed by atoms with Gasteiger partial charge in [0.05, 0.1) is 12.6 Å². The van der Waals surface area contributed by atoms with E-state index in [4.69, 9.17) is 9.47 Å². The number of fused-ring (bicyclic) bond motifs is 2. The number of hydrogen-bond acceptors (Lipinski definition) is 5. The predicted octanol–water partition coefficient (Wildman–Crippen LogP) is 5.85. The minimum Gasteiger partial charge on any atom is -0.497 e. The highest BCUT2D eigenvalue weighted by atomic mass is 16.5. The monoisotopic (exact) mass is 431 g/mol. The fourth-order valence-corrected chi connectivity index (χ4v) is 3.61. The van der Waals surface area contributed by atoms with E-state index in [1.54, 1.807) is 17.7 Å². The largest absolute Gasteiger partial charge is 0.497 e. The molecule has 0 unspecified atom stereocenters. The summed E-state index contributed by atoms with van der Waals surface area (Å²) in [6.07, 6.45) is 0. The van der Waals surface area contributed by atoms with E-state index in [1.807, 2.05) is 54.6 Å². The molecule has 0 radical (unpaired) electrons. The van der Waals surface area contributed by atoms with E-state index >= 15 is 0 Å². The van der Waals surface area contributed by atoms with Crippen LogP contribution in [-0.2, 0) is 11.3 Å². The summed E-state index contributed by atoms with van der Waals surface area (Å²) < 4.78 is 12.7. The van der Waals surface area contributed by atoms with Gasteiger partial charge in [0, 0.05) is 11.9 Å². The number of aromatic hydroxyl groups is 1. The summed E-state index contributed by atoms with van der Waals surface area (Å²) in [4.78, 5) is 12.3. The van der Waals surface area contributed by atoms with Crippen molar-refractivity contribution in [3.05, 3.63) is 60.7 Å². The molecule has 0 fully saturated rings. The first kappa shape index (κ1) is 21.4. The minimum atomic E-state index is -0.551. The van der Waals surface area contributed by atoms with Crippen molar-refractivity contribution in [1.29, 1.82) is 0 Å². The first-order valence-corrected chi connectivity index (χ1v) is 10.4. The summed E-state index contributed by atoms with van der Waals surface area (Å²) in [6.45, 7) is 4.47. The van der Waals surface area contributed by atoms with Crippen molar-refractivity contribution in [3.8, 4) is 17.4 Å². The Morgan fingerprint density at radius 2 is 1.78 bits per heavy atom. The van der Waals surface area contributed by atoms with Gasteiger partial charge in [0.2, 0.25) is 5.88 Å². The molecule has 0 saturated carbocycles.